The van der Waals surface area contributed by atoms with Crippen molar-refractivity contribution in [3.05, 3.63) is 0 Å². The minimum Gasteiger partial charge on any atom is -0.350 e. The first-order chi connectivity index (χ1) is 7.31. The van der Waals surface area contributed by atoms with E-state index in [2.05, 4.69) is 5.32 Å². The normalized spacial score (nSPS) is 21.4. The number of likely N-dealkylation sites (tertiary alicyclic amines) is 1. The fourth-order valence-corrected chi connectivity index (χ4v) is 1.95. The average Bonchev–Trinajstić information content (AvgIpc) is 2.44. The molecular weight excluding hydrogens is 228 g/mol. The van der Waals surface area contributed by atoms with Crippen LogP contribution in [-0.4, -0.2) is 41.2 Å². The van der Waals surface area contributed by atoms with Gasteiger partial charge in [0.2, 0.25) is 11.8 Å². The predicted molar refractivity (Wildman–Crippen MR) is 63.3 cm³/mol. The Hall–Kier alpha value is -0.770. The van der Waals surface area contributed by atoms with Crippen LogP contribution in [0.5, 0.6) is 0 Å². The highest BCUT2D eigenvalue weighted by Crippen LogP contribution is 2.18. The number of nitrogens with one attached hydrogen (secondary N) is 1. The van der Waals surface area contributed by atoms with Crippen LogP contribution in [-0.2, 0) is 9.59 Å². The third-order valence-corrected chi connectivity index (χ3v) is 2.80. The number of nitrogens with zero attached hydrogens (tertiary/aromatic N) is 1. The fourth-order valence-electron chi connectivity index (χ4n) is 1.74. The van der Waals surface area contributed by atoms with Gasteiger partial charge in [0.05, 0.1) is 6.54 Å². The molecule has 1 unspecified atom stereocenters. The molecule has 0 saturated carbocycles. The van der Waals surface area contributed by atoms with E-state index in [0.717, 1.165) is 0 Å². The molecule has 0 aliphatic carbocycles. The molecule has 1 fully saturated rings. The van der Waals surface area contributed by atoms with Crippen LogP contribution in [0.4, 0.5) is 0 Å². The number of rotatable bonds is 3. The minimum atomic E-state index is -0.258. The molecular formula is C11H19ClN2O2. The summed E-state index contributed by atoms with van der Waals surface area (Å²) in [4.78, 5) is 24.7. The van der Waals surface area contributed by atoms with Gasteiger partial charge in [0.25, 0.3) is 0 Å². The Balaban J connectivity index is 2.43. The Kier molecular flexibility index (Phi) is 4.19. The van der Waals surface area contributed by atoms with Crippen LogP contribution in [0.25, 0.3) is 0 Å². The molecule has 5 heteroatoms. The van der Waals surface area contributed by atoms with Gasteiger partial charge in [-0.1, -0.05) is 0 Å². The molecule has 1 N–H and O–H groups in total. The zero-order valence-corrected chi connectivity index (χ0v) is 10.8. The van der Waals surface area contributed by atoms with Crippen molar-refractivity contribution in [3.63, 3.8) is 0 Å². The fraction of sp³-hybridized carbons (Fsp3) is 0.818. The van der Waals surface area contributed by atoms with E-state index in [1.54, 1.807) is 4.90 Å². The van der Waals surface area contributed by atoms with Gasteiger partial charge in [0.15, 0.2) is 0 Å². The molecule has 16 heavy (non-hydrogen) atoms. The molecule has 1 atom stereocenters. The SMILES string of the molecule is CC(C)(C)NC(=O)CN1CC(CCl)CC1=O. The topological polar surface area (TPSA) is 49.4 Å². The van der Waals surface area contributed by atoms with Crippen LogP contribution in [0.1, 0.15) is 27.2 Å². The van der Waals surface area contributed by atoms with Crippen molar-refractivity contribution in [2.75, 3.05) is 19.0 Å². The molecule has 1 heterocycles. The molecule has 0 spiro atoms. The lowest BCUT2D eigenvalue weighted by Gasteiger charge is -2.23. The van der Waals surface area contributed by atoms with Crippen molar-refractivity contribution in [1.29, 1.82) is 0 Å². The van der Waals surface area contributed by atoms with Crippen LogP contribution in [0.2, 0.25) is 0 Å². The highest BCUT2D eigenvalue weighted by Gasteiger charge is 2.30. The monoisotopic (exact) mass is 246 g/mol. The van der Waals surface area contributed by atoms with Crippen molar-refractivity contribution >= 4 is 23.4 Å². The lowest BCUT2D eigenvalue weighted by Crippen LogP contribution is -2.46. The van der Waals surface area contributed by atoms with Gasteiger partial charge in [-0.25, -0.2) is 0 Å². The lowest BCUT2D eigenvalue weighted by atomic mass is 10.1. The van der Waals surface area contributed by atoms with E-state index in [1.165, 1.54) is 0 Å². The van der Waals surface area contributed by atoms with Crippen molar-refractivity contribution < 1.29 is 9.59 Å². The molecule has 1 saturated heterocycles. The number of halogens is 1. The Morgan fingerprint density at radius 3 is 2.62 bits per heavy atom. The number of hydrogen-bond donors (Lipinski definition) is 1. The molecule has 0 radical (unpaired) electrons. The van der Waals surface area contributed by atoms with Crippen LogP contribution in [0.3, 0.4) is 0 Å². The second-order valence-corrected chi connectivity index (χ2v) is 5.61. The summed E-state index contributed by atoms with van der Waals surface area (Å²) in [7, 11) is 0. The molecule has 0 aromatic heterocycles. The van der Waals surface area contributed by atoms with Crippen LogP contribution in [0, 0.1) is 5.92 Å². The first-order valence-electron chi connectivity index (χ1n) is 5.46. The van der Waals surface area contributed by atoms with Gasteiger partial charge in [0, 0.05) is 24.4 Å². The van der Waals surface area contributed by atoms with E-state index >= 15 is 0 Å². The summed E-state index contributed by atoms with van der Waals surface area (Å²) in [5.74, 6) is 0.575. The van der Waals surface area contributed by atoms with E-state index in [9.17, 15) is 9.59 Å². The maximum Gasteiger partial charge on any atom is 0.240 e. The van der Waals surface area contributed by atoms with Crippen molar-refractivity contribution in [3.8, 4) is 0 Å². The number of alkyl halides is 1. The largest absolute Gasteiger partial charge is 0.350 e. The summed E-state index contributed by atoms with van der Waals surface area (Å²) in [6.07, 6.45) is 0.465. The van der Waals surface area contributed by atoms with Crippen LogP contribution >= 0.6 is 11.6 Å². The standard InChI is InChI=1S/C11H19ClN2O2/c1-11(2,3)13-9(15)7-14-6-8(5-12)4-10(14)16/h8H,4-7H2,1-3H3,(H,13,15). The average molecular weight is 247 g/mol. The first-order valence-corrected chi connectivity index (χ1v) is 6.00. The molecule has 0 aromatic carbocycles. The Morgan fingerprint density at radius 2 is 2.19 bits per heavy atom. The van der Waals surface area contributed by atoms with Gasteiger partial charge in [0.1, 0.15) is 0 Å². The molecule has 1 aliphatic heterocycles. The molecule has 1 aliphatic rings. The maximum atomic E-state index is 11.6. The maximum absolute atomic E-state index is 11.6. The molecule has 4 nitrogen and oxygen atoms in total. The smallest absolute Gasteiger partial charge is 0.240 e. The van der Waals surface area contributed by atoms with Crippen molar-refractivity contribution in [2.24, 2.45) is 5.92 Å². The van der Waals surface area contributed by atoms with E-state index in [0.29, 0.717) is 18.8 Å². The van der Waals surface area contributed by atoms with E-state index in [4.69, 9.17) is 11.6 Å². The van der Waals surface area contributed by atoms with Gasteiger partial charge >= 0.3 is 0 Å². The summed E-state index contributed by atoms with van der Waals surface area (Å²) < 4.78 is 0. The van der Waals surface area contributed by atoms with Gasteiger partial charge < -0.3 is 10.2 Å². The molecule has 92 valence electrons. The third kappa shape index (κ3) is 4.00. The summed E-state index contributed by atoms with van der Waals surface area (Å²) in [6, 6.07) is 0. The number of carbonyl (C=O) groups is 2. The summed E-state index contributed by atoms with van der Waals surface area (Å²) in [6.45, 7) is 6.48. The first kappa shape index (κ1) is 13.3. The van der Waals surface area contributed by atoms with Gasteiger partial charge in [-0.05, 0) is 26.7 Å². The van der Waals surface area contributed by atoms with E-state index in [-0.39, 0.29) is 29.8 Å². The molecule has 2 amide bonds. The third-order valence-electron chi connectivity index (χ3n) is 2.36. The second kappa shape index (κ2) is 5.04. The van der Waals surface area contributed by atoms with Gasteiger partial charge in [-0.15, -0.1) is 11.6 Å². The number of hydrogen-bond acceptors (Lipinski definition) is 2. The number of amides is 2. The Bertz CT molecular complexity index is 286. The molecule has 0 bridgehead atoms. The highest BCUT2D eigenvalue weighted by molar-refractivity contribution is 6.18. The zero-order valence-electron chi connectivity index (χ0n) is 10.0. The lowest BCUT2D eigenvalue weighted by molar-refractivity contribution is -0.133. The minimum absolute atomic E-state index is 0.0229. The van der Waals surface area contributed by atoms with Crippen LogP contribution in [0.15, 0.2) is 0 Å². The number of carbonyl (C=O) groups excluding carboxylic acids is 2. The quantitative estimate of drug-likeness (QED) is 0.755. The van der Waals surface area contributed by atoms with Gasteiger partial charge in [-0.2, -0.15) is 0 Å². The van der Waals surface area contributed by atoms with Gasteiger partial charge in [-0.3, -0.25) is 9.59 Å². The molecule has 1 rings (SSSR count). The summed E-state index contributed by atoms with van der Waals surface area (Å²) >= 11 is 5.70. The van der Waals surface area contributed by atoms with Crippen LogP contribution < -0.4 is 5.32 Å². The zero-order chi connectivity index (χ0) is 12.3. The Morgan fingerprint density at radius 1 is 1.56 bits per heavy atom. The van der Waals surface area contributed by atoms with E-state index in [1.807, 2.05) is 20.8 Å². The second-order valence-electron chi connectivity index (χ2n) is 5.30. The predicted octanol–water partition coefficient (Wildman–Crippen LogP) is 0.988. The summed E-state index contributed by atoms with van der Waals surface area (Å²) in [5.41, 5.74) is -0.258. The highest BCUT2D eigenvalue weighted by atomic mass is 35.5. The molecule has 0 aromatic rings. The van der Waals surface area contributed by atoms with Crippen molar-refractivity contribution in [2.45, 2.75) is 32.7 Å². The van der Waals surface area contributed by atoms with Crippen molar-refractivity contribution in [1.82, 2.24) is 10.2 Å². The Labute approximate surface area is 101 Å². The summed E-state index contributed by atoms with van der Waals surface area (Å²) in [5, 5.41) is 2.83. The van der Waals surface area contributed by atoms with E-state index < -0.39 is 0 Å².